The Morgan fingerprint density at radius 3 is 1.95 bits per heavy atom. The van der Waals surface area contributed by atoms with E-state index in [1.54, 1.807) is 0 Å². The van der Waals surface area contributed by atoms with Gasteiger partial charge in [0.15, 0.2) is 0 Å². The molecule has 1 atom stereocenters. The number of hydrogen-bond donors (Lipinski definition) is 1. The highest BCUT2D eigenvalue weighted by Gasteiger charge is 2.13. The summed E-state index contributed by atoms with van der Waals surface area (Å²) in [6, 6.07) is 15.4. The molecule has 0 aliphatic carbocycles. The lowest BCUT2D eigenvalue weighted by Crippen LogP contribution is -2.14. The van der Waals surface area contributed by atoms with E-state index in [9.17, 15) is 0 Å². The van der Waals surface area contributed by atoms with Gasteiger partial charge in [-0.25, -0.2) is 0 Å². The fourth-order valence-corrected chi connectivity index (χ4v) is 2.62. The normalized spacial score (nSPS) is 12.4. The molecule has 0 radical (unpaired) electrons. The van der Waals surface area contributed by atoms with Crippen molar-refractivity contribution >= 4 is 0 Å². The Bertz CT molecular complexity index is 554. The summed E-state index contributed by atoms with van der Waals surface area (Å²) in [6.45, 7) is 6.55. The minimum Gasteiger partial charge on any atom is -0.320 e. The predicted molar refractivity (Wildman–Crippen MR) is 87.0 cm³/mol. The maximum absolute atomic E-state index is 6.51. The van der Waals surface area contributed by atoms with E-state index in [1.165, 1.54) is 27.8 Å². The summed E-state index contributed by atoms with van der Waals surface area (Å²) >= 11 is 0. The second kappa shape index (κ2) is 6.71. The van der Waals surface area contributed by atoms with E-state index in [4.69, 9.17) is 5.73 Å². The first-order chi connectivity index (χ1) is 9.69. The van der Waals surface area contributed by atoms with Crippen LogP contribution in [-0.4, -0.2) is 0 Å². The van der Waals surface area contributed by atoms with Gasteiger partial charge in [-0.2, -0.15) is 0 Å². The highest BCUT2D eigenvalue weighted by atomic mass is 14.6. The molecule has 0 aromatic heterocycles. The van der Waals surface area contributed by atoms with Gasteiger partial charge in [0.05, 0.1) is 6.04 Å². The minimum absolute atomic E-state index is 0.0256. The SMILES string of the molecule is CCc1ccc(C(N)c2cc(CC)ccc2CC)cc1. The van der Waals surface area contributed by atoms with Crippen molar-refractivity contribution in [3.8, 4) is 0 Å². The Kier molecular flexibility index (Phi) is 4.97. The van der Waals surface area contributed by atoms with Gasteiger partial charge in [0.1, 0.15) is 0 Å². The summed E-state index contributed by atoms with van der Waals surface area (Å²) in [5.41, 5.74) is 13.1. The lowest BCUT2D eigenvalue weighted by Gasteiger charge is -2.18. The van der Waals surface area contributed by atoms with Crippen molar-refractivity contribution in [1.29, 1.82) is 0 Å². The summed E-state index contributed by atoms with van der Waals surface area (Å²) < 4.78 is 0. The highest BCUT2D eigenvalue weighted by molar-refractivity contribution is 5.40. The van der Waals surface area contributed by atoms with Gasteiger partial charge in [0, 0.05) is 0 Å². The Morgan fingerprint density at radius 2 is 1.40 bits per heavy atom. The maximum atomic E-state index is 6.51. The van der Waals surface area contributed by atoms with Gasteiger partial charge in [-0.1, -0.05) is 63.2 Å². The molecule has 0 aliphatic rings. The van der Waals surface area contributed by atoms with Crippen LogP contribution < -0.4 is 5.73 Å². The third kappa shape index (κ3) is 3.10. The topological polar surface area (TPSA) is 26.0 Å². The summed E-state index contributed by atoms with van der Waals surface area (Å²) in [6.07, 6.45) is 3.15. The Morgan fingerprint density at radius 1 is 0.800 bits per heavy atom. The molecular weight excluding hydrogens is 242 g/mol. The zero-order chi connectivity index (χ0) is 14.5. The molecule has 0 bridgehead atoms. The molecule has 0 saturated heterocycles. The average Bonchev–Trinajstić information content (AvgIpc) is 2.53. The van der Waals surface area contributed by atoms with E-state index in [2.05, 4.69) is 63.2 Å². The number of benzene rings is 2. The predicted octanol–water partition coefficient (Wildman–Crippen LogP) is 4.42. The summed E-state index contributed by atoms with van der Waals surface area (Å²) in [5, 5.41) is 0. The molecule has 2 N–H and O–H groups in total. The smallest absolute Gasteiger partial charge is 0.0554 e. The standard InChI is InChI=1S/C19H25N/c1-4-14-7-11-17(12-8-14)19(20)18-13-15(5-2)9-10-16(18)6-3/h7-13,19H,4-6,20H2,1-3H3. The van der Waals surface area contributed by atoms with Gasteiger partial charge >= 0.3 is 0 Å². The van der Waals surface area contributed by atoms with Gasteiger partial charge in [-0.3, -0.25) is 0 Å². The first-order valence-corrected chi connectivity index (χ1v) is 7.65. The first-order valence-electron chi connectivity index (χ1n) is 7.65. The molecule has 1 nitrogen and oxygen atoms in total. The Hall–Kier alpha value is -1.60. The van der Waals surface area contributed by atoms with E-state index in [-0.39, 0.29) is 6.04 Å². The van der Waals surface area contributed by atoms with Gasteiger partial charge in [-0.15, -0.1) is 0 Å². The molecule has 0 saturated carbocycles. The fraction of sp³-hybridized carbons (Fsp3) is 0.368. The van der Waals surface area contributed by atoms with Crippen LogP contribution in [0.2, 0.25) is 0 Å². The molecule has 106 valence electrons. The van der Waals surface area contributed by atoms with Crippen LogP contribution in [0.1, 0.15) is 54.6 Å². The van der Waals surface area contributed by atoms with Crippen molar-refractivity contribution in [2.45, 2.75) is 46.1 Å². The van der Waals surface area contributed by atoms with Gasteiger partial charge < -0.3 is 5.73 Å². The number of rotatable bonds is 5. The van der Waals surface area contributed by atoms with Gasteiger partial charge in [0.25, 0.3) is 0 Å². The second-order valence-corrected chi connectivity index (χ2v) is 5.31. The Labute approximate surface area is 122 Å². The van der Waals surface area contributed by atoms with Crippen molar-refractivity contribution in [3.63, 3.8) is 0 Å². The molecule has 20 heavy (non-hydrogen) atoms. The highest BCUT2D eigenvalue weighted by Crippen LogP contribution is 2.25. The van der Waals surface area contributed by atoms with Crippen LogP contribution in [0.5, 0.6) is 0 Å². The van der Waals surface area contributed by atoms with Crippen molar-refractivity contribution in [2.75, 3.05) is 0 Å². The molecule has 2 aromatic rings. The van der Waals surface area contributed by atoms with Crippen LogP contribution in [0.3, 0.4) is 0 Å². The summed E-state index contributed by atoms with van der Waals surface area (Å²) in [5.74, 6) is 0. The molecule has 2 rings (SSSR count). The maximum Gasteiger partial charge on any atom is 0.0554 e. The van der Waals surface area contributed by atoms with Crippen LogP contribution >= 0.6 is 0 Å². The molecule has 0 heterocycles. The minimum atomic E-state index is -0.0256. The summed E-state index contributed by atoms with van der Waals surface area (Å²) in [4.78, 5) is 0. The fourth-order valence-electron chi connectivity index (χ4n) is 2.62. The molecule has 0 spiro atoms. The molecular formula is C19H25N. The van der Waals surface area contributed by atoms with Crippen LogP contribution in [0.15, 0.2) is 42.5 Å². The van der Waals surface area contributed by atoms with Crippen molar-refractivity contribution < 1.29 is 0 Å². The third-order valence-corrected chi connectivity index (χ3v) is 4.08. The average molecular weight is 267 g/mol. The zero-order valence-corrected chi connectivity index (χ0v) is 12.8. The van der Waals surface area contributed by atoms with Crippen LogP contribution in [0, 0.1) is 0 Å². The molecule has 1 heteroatoms. The quantitative estimate of drug-likeness (QED) is 0.852. The van der Waals surface area contributed by atoms with Crippen molar-refractivity contribution in [1.82, 2.24) is 0 Å². The second-order valence-electron chi connectivity index (χ2n) is 5.31. The third-order valence-electron chi connectivity index (χ3n) is 4.08. The van der Waals surface area contributed by atoms with Crippen LogP contribution in [-0.2, 0) is 19.3 Å². The van der Waals surface area contributed by atoms with E-state index in [0.29, 0.717) is 0 Å². The van der Waals surface area contributed by atoms with E-state index < -0.39 is 0 Å². The monoisotopic (exact) mass is 267 g/mol. The summed E-state index contributed by atoms with van der Waals surface area (Å²) in [7, 11) is 0. The molecule has 1 unspecified atom stereocenters. The van der Waals surface area contributed by atoms with Gasteiger partial charge in [0.2, 0.25) is 0 Å². The lowest BCUT2D eigenvalue weighted by atomic mass is 9.91. The van der Waals surface area contributed by atoms with E-state index in [0.717, 1.165) is 19.3 Å². The molecule has 0 aliphatic heterocycles. The molecule has 2 aromatic carbocycles. The molecule has 0 amide bonds. The van der Waals surface area contributed by atoms with Crippen LogP contribution in [0.25, 0.3) is 0 Å². The van der Waals surface area contributed by atoms with Gasteiger partial charge in [-0.05, 0) is 47.1 Å². The number of aryl methyl sites for hydroxylation is 3. The number of hydrogen-bond acceptors (Lipinski definition) is 1. The van der Waals surface area contributed by atoms with Crippen molar-refractivity contribution in [3.05, 3.63) is 70.3 Å². The molecule has 0 fully saturated rings. The largest absolute Gasteiger partial charge is 0.320 e. The van der Waals surface area contributed by atoms with Crippen LogP contribution in [0.4, 0.5) is 0 Å². The lowest BCUT2D eigenvalue weighted by molar-refractivity contribution is 0.844. The van der Waals surface area contributed by atoms with E-state index >= 15 is 0 Å². The Balaban J connectivity index is 2.37. The first kappa shape index (κ1) is 14.8. The zero-order valence-electron chi connectivity index (χ0n) is 12.8. The van der Waals surface area contributed by atoms with E-state index in [1.807, 2.05) is 0 Å². The van der Waals surface area contributed by atoms with Crippen molar-refractivity contribution in [2.24, 2.45) is 5.73 Å². The number of nitrogens with two attached hydrogens (primary N) is 1.